The van der Waals surface area contributed by atoms with Crippen LogP contribution >= 0.6 is 0 Å². The van der Waals surface area contributed by atoms with Crippen molar-refractivity contribution in [1.29, 1.82) is 0 Å². The van der Waals surface area contributed by atoms with Crippen molar-refractivity contribution in [3.05, 3.63) is 47.9 Å². The predicted molar refractivity (Wildman–Crippen MR) is 77.9 cm³/mol. The third-order valence-electron chi connectivity index (χ3n) is 2.75. The largest absolute Gasteiger partial charge is 0.266 e. The molecule has 1 aromatic heterocycles. The highest BCUT2D eigenvalue weighted by Crippen LogP contribution is 2.22. The number of rotatable bonds is 3. The van der Waals surface area contributed by atoms with Gasteiger partial charge in [-0.3, -0.25) is 4.72 Å². The van der Waals surface area contributed by atoms with Gasteiger partial charge in [0.1, 0.15) is 28.2 Å². The maximum atomic E-state index is 13.6. The highest BCUT2D eigenvalue weighted by Gasteiger charge is 2.22. The number of halogens is 2. The molecule has 1 heterocycles. The summed E-state index contributed by atoms with van der Waals surface area (Å²) in [7, 11) is -4.28. The van der Waals surface area contributed by atoms with Crippen LogP contribution in [0.25, 0.3) is 0 Å². The fraction of sp³-hybridized carbons (Fsp3) is 0.286. The molecule has 0 saturated carbocycles. The molecule has 2 rings (SSSR count). The molecule has 0 radical (unpaired) electrons. The van der Waals surface area contributed by atoms with E-state index in [9.17, 15) is 17.2 Å². The van der Waals surface area contributed by atoms with Crippen molar-refractivity contribution in [3.63, 3.8) is 0 Å². The minimum Gasteiger partial charge on any atom is -0.263 e. The lowest BCUT2D eigenvalue weighted by Gasteiger charge is -2.17. The Kier molecular flexibility index (Phi) is 4.15. The summed E-state index contributed by atoms with van der Waals surface area (Å²) in [6.07, 6.45) is 1.40. The van der Waals surface area contributed by atoms with Gasteiger partial charge in [0.25, 0.3) is 10.0 Å². The Hall–Kier alpha value is -2.09. The second kappa shape index (κ2) is 5.60. The van der Waals surface area contributed by atoms with Crippen LogP contribution in [0.4, 0.5) is 14.6 Å². The van der Waals surface area contributed by atoms with Gasteiger partial charge in [-0.15, -0.1) is 0 Å². The molecule has 0 saturated heterocycles. The standard InChI is InChI=1S/C14H15F2N3O2S/c1-14(2,3)13-17-7-6-12(18-13)19-22(20,21)11-8-9(15)4-5-10(11)16/h4-8H,1-3H3,(H,17,18,19). The summed E-state index contributed by atoms with van der Waals surface area (Å²) in [5.74, 6) is -1.48. The summed E-state index contributed by atoms with van der Waals surface area (Å²) in [6.45, 7) is 5.60. The maximum absolute atomic E-state index is 13.6. The van der Waals surface area contributed by atoms with E-state index in [1.807, 2.05) is 20.8 Å². The Morgan fingerprint density at radius 3 is 2.45 bits per heavy atom. The molecule has 0 spiro atoms. The van der Waals surface area contributed by atoms with Crippen molar-refractivity contribution in [1.82, 2.24) is 9.97 Å². The van der Waals surface area contributed by atoms with Crippen LogP contribution in [-0.2, 0) is 15.4 Å². The zero-order chi connectivity index (χ0) is 16.5. The third-order valence-corrected chi connectivity index (χ3v) is 4.12. The molecule has 0 atom stereocenters. The average Bonchev–Trinajstić information content (AvgIpc) is 2.40. The molecule has 0 bridgehead atoms. The van der Waals surface area contributed by atoms with Crippen LogP contribution in [0.5, 0.6) is 0 Å². The molecular formula is C14H15F2N3O2S. The van der Waals surface area contributed by atoms with Gasteiger partial charge in [-0.2, -0.15) is 0 Å². The molecule has 118 valence electrons. The minimum absolute atomic E-state index is 0.0106. The number of nitrogens with zero attached hydrogens (tertiary/aromatic N) is 2. The Morgan fingerprint density at radius 1 is 1.14 bits per heavy atom. The molecule has 0 amide bonds. The minimum atomic E-state index is -4.28. The van der Waals surface area contributed by atoms with Crippen LogP contribution in [-0.4, -0.2) is 18.4 Å². The number of sulfonamides is 1. The summed E-state index contributed by atoms with van der Waals surface area (Å²) in [5.41, 5.74) is -0.383. The monoisotopic (exact) mass is 327 g/mol. The first-order valence-electron chi connectivity index (χ1n) is 6.41. The van der Waals surface area contributed by atoms with E-state index >= 15 is 0 Å². The van der Waals surface area contributed by atoms with E-state index < -0.39 is 26.6 Å². The Morgan fingerprint density at radius 2 is 1.82 bits per heavy atom. The molecule has 2 aromatic rings. The Labute approximate surface area is 127 Å². The molecule has 22 heavy (non-hydrogen) atoms. The number of benzene rings is 1. The number of anilines is 1. The normalized spacial score (nSPS) is 12.2. The second-order valence-corrected chi connectivity index (χ2v) is 7.35. The molecular weight excluding hydrogens is 312 g/mol. The molecule has 1 aromatic carbocycles. The van der Waals surface area contributed by atoms with E-state index in [4.69, 9.17) is 0 Å². The van der Waals surface area contributed by atoms with Crippen molar-refractivity contribution in [2.45, 2.75) is 31.1 Å². The second-order valence-electron chi connectivity index (χ2n) is 5.70. The zero-order valence-corrected chi connectivity index (χ0v) is 13.1. The van der Waals surface area contributed by atoms with E-state index in [1.165, 1.54) is 12.3 Å². The summed E-state index contributed by atoms with van der Waals surface area (Å²) in [4.78, 5) is 7.38. The first-order chi connectivity index (χ1) is 10.1. The van der Waals surface area contributed by atoms with Crippen molar-refractivity contribution in [3.8, 4) is 0 Å². The topological polar surface area (TPSA) is 72.0 Å². The number of aromatic nitrogens is 2. The van der Waals surface area contributed by atoms with Gasteiger partial charge < -0.3 is 0 Å². The average molecular weight is 327 g/mol. The Bertz CT molecular complexity index is 802. The summed E-state index contributed by atoms with van der Waals surface area (Å²) >= 11 is 0. The predicted octanol–water partition coefficient (Wildman–Crippen LogP) is 2.85. The lowest BCUT2D eigenvalue weighted by atomic mass is 9.96. The van der Waals surface area contributed by atoms with Gasteiger partial charge in [0, 0.05) is 11.6 Å². The molecule has 8 heteroatoms. The van der Waals surface area contributed by atoms with Crippen molar-refractivity contribution >= 4 is 15.8 Å². The van der Waals surface area contributed by atoms with Crippen molar-refractivity contribution in [2.24, 2.45) is 0 Å². The van der Waals surface area contributed by atoms with Crippen LogP contribution in [0.2, 0.25) is 0 Å². The van der Waals surface area contributed by atoms with Gasteiger partial charge in [0.05, 0.1) is 0 Å². The summed E-state index contributed by atoms with van der Waals surface area (Å²) in [5, 5.41) is 0. The molecule has 0 unspecified atom stereocenters. The van der Waals surface area contributed by atoms with E-state index in [2.05, 4.69) is 14.7 Å². The van der Waals surface area contributed by atoms with E-state index in [0.29, 0.717) is 11.9 Å². The van der Waals surface area contributed by atoms with Crippen LogP contribution in [0.1, 0.15) is 26.6 Å². The van der Waals surface area contributed by atoms with Crippen LogP contribution < -0.4 is 4.72 Å². The Balaban J connectivity index is 2.39. The SMILES string of the molecule is CC(C)(C)c1nccc(NS(=O)(=O)c2cc(F)ccc2F)n1. The zero-order valence-electron chi connectivity index (χ0n) is 12.3. The molecule has 5 nitrogen and oxygen atoms in total. The van der Waals surface area contributed by atoms with E-state index in [1.54, 1.807) is 0 Å². The van der Waals surface area contributed by atoms with Crippen molar-refractivity contribution < 1.29 is 17.2 Å². The number of hydrogen-bond acceptors (Lipinski definition) is 4. The fourth-order valence-corrected chi connectivity index (χ4v) is 2.74. The molecule has 0 aliphatic heterocycles. The maximum Gasteiger partial charge on any atom is 0.266 e. The molecule has 0 fully saturated rings. The van der Waals surface area contributed by atoms with Crippen LogP contribution in [0.3, 0.4) is 0 Å². The third kappa shape index (κ3) is 3.56. The quantitative estimate of drug-likeness (QED) is 0.941. The highest BCUT2D eigenvalue weighted by atomic mass is 32.2. The first kappa shape index (κ1) is 16.3. The highest BCUT2D eigenvalue weighted by molar-refractivity contribution is 7.92. The van der Waals surface area contributed by atoms with E-state index in [0.717, 1.165) is 12.1 Å². The van der Waals surface area contributed by atoms with Gasteiger partial charge in [0.15, 0.2) is 0 Å². The number of hydrogen-bond donors (Lipinski definition) is 1. The van der Waals surface area contributed by atoms with Gasteiger partial charge in [-0.25, -0.2) is 27.2 Å². The lowest BCUT2D eigenvalue weighted by Crippen LogP contribution is -2.20. The summed E-state index contributed by atoms with van der Waals surface area (Å²) in [6, 6.07) is 3.55. The molecule has 0 aliphatic rings. The molecule has 0 aliphatic carbocycles. The van der Waals surface area contributed by atoms with Crippen LogP contribution in [0, 0.1) is 11.6 Å². The van der Waals surface area contributed by atoms with Crippen molar-refractivity contribution in [2.75, 3.05) is 4.72 Å². The first-order valence-corrected chi connectivity index (χ1v) is 7.89. The van der Waals surface area contributed by atoms with Gasteiger partial charge in [-0.1, -0.05) is 20.8 Å². The van der Waals surface area contributed by atoms with Gasteiger partial charge >= 0.3 is 0 Å². The summed E-state index contributed by atoms with van der Waals surface area (Å²) < 4.78 is 53.2. The van der Waals surface area contributed by atoms with Gasteiger partial charge in [-0.05, 0) is 24.3 Å². The molecule has 1 N–H and O–H groups in total. The number of nitrogens with one attached hydrogen (secondary N) is 1. The van der Waals surface area contributed by atoms with Crippen LogP contribution in [0.15, 0.2) is 35.4 Å². The lowest BCUT2D eigenvalue weighted by molar-refractivity contribution is 0.545. The smallest absolute Gasteiger partial charge is 0.263 e. The van der Waals surface area contributed by atoms with E-state index in [-0.39, 0.29) is 11.2 Å². The fourth-order valence-electron chi connectivity index (χ4n) is 1.65. The van der Waals surface area contributed by atoms with Gasteiger partial charge in [0.2, 0.25) is 0 Å².